The number of pyridine rings is 1. The molecule has 6 nitrogen and oxygen atoms in total. The lowest BCUT2D eigenvalue weighted by molar-refractivity contribution is 0.598. The van der Waals surface area contributed by atoms with Crippen LogP contribution in [0.4, 0.5) is 11.5 Å². The highest BCUT2D eigenvalue weighted by atomic mass is 79.9. The third-order valence-corrected chi connectivity index (χ3v) is 3.73. The van der Waals surface area contributed by atoms with Gasteiger partial charge in [0.1, 0.15) is 5.82 Å². The Morgan fingerprint density at radius 3 is 2.75 bits per heavy atom. The molecule has 1 heterocycles. The van der Waals surface area contributed by atoms with Gasteiger partial charge < -0.3 is 11.1 Å². The standard InChI is InChI=1S/C8H13BrN4O2S/c1-5-6(10)4-13-8(7(5)9)12-2-3-16(11,14)15/h4H,2-3,10H2,1H3,(H,12,13)(H2,11,14,15). The van der Waals surface area contributed by atoms with Crippen LogP contribution in [0.3, 0.4) is 0 Å². The van der Waals surface area contributed by atoms with Crippen molar-refractivity contribution in [3.63, 3.8) is 0 Å². The molecule has 0 saturated heterocycles. The van der Waals surface area contributed by atoms with Crippen LogP contribution in [0.15, 0.2) is 10.7 Å². The molecule has 0 aliphatic heterocycles. The first-order valence-corrected chi connectivity index (χ1v) is 6.97. The molecule has 1 aromatic heterocycles. The molecule has 0 aliphatic rings. The van der Waals surface area contributed by atoms with Gasteiger partial charge in [0.15, 0.2) is 0 Å². The van der Waals surface area contributed by atoms with Crippen LogP contribution in [0.5, 0.6) is 0 Å². The summed E-state index contributed by atoms with van der Waals surface area (Å²) in [6.45, 7) is 2.04. The first kappa shape index (κ1) is 13.2. The minimum Gasteiger partial charge on any atom is -0.397 e. The van der Waals surface area contributed by atoms with E-state index in [-0.39, 0.29) is 12.3 Å². The van der Waals surface area contributed by atoms with Crippen LogP contribution < -0.4 is 16.2 Å². The molecule has 8 heteroatoms. The van der Waals surface area contributed by atoms with Crippen molar-refractivity contribution in [2.75, 3.05) is 23.3 Å². The normalized spacial score (nSPS) is 11.4. The van der Waals surface area contributed by atoms with E-state index in [1.54, 1.807) is 0 Å². The van der Waals surface area contributed by atoms with Crippen molar-refractivity contribution in [2.45, 2.75) is 6.92 Å². The molecule has 0 fully saturated rings. The molecular formula is C8H13BrN4O2S. The van der Waals surface area contributed by atoms with Crippen LogP contribution in [-0.2, 0) is 10.0 Å². The summed E-state index contributed by atoms with van der Waals surface area (Å²) in [5.41, 5.74) is 7.08. The fourth-order valence-electron chi connectivity index (χ4n) is 1.03. The predicted molar refractivity (Wildman–Crippen MR) is 67.6 cm³/mol. The van der Waals surface area contributed by atoms with Crippen molar-refractivity contribution in [2.24, 2.45) is 5.14 Å². The van der Waals surface area contributed by atoms with Crippen LogP contribution in [0.25, 0.3) is 0 Å². The number of rotatable bonds is 4. The summed E-state index contributed by atoms with van der Waals surface area (Å²) in [7, 11) is -3.46. The Morgan fingerprint density at radius 1 is 1.56 bits per heavy atom. The van der Waals surface area contributed by atoms with Crippen LogP contribution in [0, 0.1) is 6.92 Å². The fraction of sp³-hybridized carbons (Fsp3) is 0.375. The number of hydrogen-bond acceptors (Lipinski definition) is 5. The van der Waals surface area contributed by atoms with Gasteiger partial charge in [-0.05, 0) is 28.4 Å². The summed E-state index contributed by atoms with van der Waals surface area (Å²) < 4.78 is 22.2. The highest BCUT2D eigenvalue weighted by Gasteiger charge is 2.08. The van der Waals surface area contributed by atoms with E-state index in [0.717, 1.165) is 10.0 Å². The monoisotopic (exact) mass is 308 g/mol. The molecule has 5 N–H and O–H groups in total. The molecule has 0 bridgehead atoms. The molecule has 90 valence electrons. The summed E-state index contributed by atoms with van der Waals surface area (Å²) in [4.78, 5) is 4.04. The second-order valence-corrected chi connectivity index (χ2v) is 5.82. The van der Waals surface area contributed by atoms with E-state index >= 15 is 0 Å². The zero-order valence-corrected chi connectivity index (χ0v) is 11.1. The number of aromatic nitrogens is 1. The highest BCUT2D eigenvalue weighted by molar-refractivity contribution is 9.10. The predicted octanol–water partition coefficient (Wildman–Crippen LogP) is 0.435. The van der Waals surface area contributed by atoms with Gasteiger partial charge in [-0.15, -0.1) is 0 Å². The number of hydrogen-bond donors (Lipinski definition) is 3. The topological polar surface area (TPSA) is 111 Å². The molecule has 1 rings (SSSR count). The molecule has 0 spiro atoms. The van der Waals surface area contributed by atoms with Crippen LogP contribution >= 0.6 is 15.9 Å². The maximum Gasteiger partial charge on any atom is 0.210 e. The first-order valence-electron chi connectivity index (χ1n) is 4.46. The van der Waals surface area contributed by atoms with E-state index in [2.05, 4.69) is 26.2 Å². The Bertz CT molecular complexity index is 489. The van der Waals surface area contributed by atoms with Gasteiger partial charge in [-0.3, -0.25) is 0 Å². The van der Waals surface area contributed by atoms with Gasteiger partial charge in [0.2, 0.25) is 10.0 Å². The number of nitrogens with zero attached hydrogens (tertiary/aromatic N) is 1. The lowest BCUT2D eigenvalue weighted by Gasteiger charge is -2.10. The average Bonchev–Trinajstić information content (AvgIpc) is 2.16. The van der Waals surface area contributed by atoms with Gasteiger partial charge in [-0.2, -0.15) is 0 Å². The second-order valence-electron chi connectivity index (χ2n) is 3.29. The van der Waals surface area contributed by atoms with Crippen molar-refractivity contribution >= 4 is 37.5 Å². The van der Waals surface area contributed by atoms with Gasteiger partial charge in [0.25, 0.3) is 0 Å². The molecular weight excluding hydrogens is 296 g/mol. The molecule has 0 atom stereocenters. The van der Waals surface area contributed by atoms with Crippen molar-refractivity contribution in [1.29, 1.82) is 0 Å². The Morgan fingerprint density at radius 2 is 2.19 bits per heavy atom. The third-order valence-electron chi connectivity index (χ3n) is 1.98. The summed E-state index contributed by atoms with van der Waals surface area (Å²) in [6, 6.07) is 0. The molecule has 0 aromatic carbocycles. The first-order chi connectivity index (χ1) is 7.31. The molecule has 1 aromatic rings. The Labute approximate surface area is 103 Å². The third kappa shape index (κ3) is 3.62. The smallest absolute Gasteiger partial charge is 0.210 e. The van der Waals surface area contributed by atoms with E-state index < -0.39 is 10.0 Å². The molecule has 0 radical (unpaired) electrons. The fourth-order valence-corrected chi connectivity index (χ4v) is 1.88. The Hall–Kier alpha value is -0.860. The minimum absolute atomic E-state index is 0.148. The van der Waals surface area contributed by atoms with Crippen molar-refractivity contribution in [1.82, 2.24) is 4.98 Å². The van der Waals surface area contributed by atoms with E-state index in [9.17, 15) is 8.42 Å². The van der Waals surface area contributed by atoms with Crippen molar-refractivity contribution in [3.05, 3.63) is 16.2 Å². The number of nitrogens with one attached hydrogen (secondary N) is 1. The molecule has 0 saturated carbocycles. The van der Waals surface area contributed by atoms with Crippen LogP contribution in [0.1, 0.15) is 5.56 Å². The number of primary sulfonamides is 1. The zero-order chi connectivity index (χ0) is 12.3. The van der Waals surface area contributed by atoms with Crippen LogP contribution in [0.2, 0.25) is 0 Å². The summed E-state index contributed by atoms with van der Waals surface area (Å²) in [5.74, 6) is 0.403. The van der Waals surface area contributed by atoms with Gasteiger partial charge >= 0.3 is 0 Å². The van der Waals surface area contributed by atoms with E-state index in [0.29, 0.717) is 11.5 Å². The van der Waals surface area contributed by atoms with Crippen molar-refractivity contribution < 1.29 is 8.42 Å². The molecule has 0 amide bonds. The van der Waals surface area contributed by atoms with E-state index in [1.165, 1.54) is 6.20 Å². The Balaban J connectivity index is 2.72. The Kier molecular flexibility index (Phi) is 4.11. The lowest BCUT2D eigenvalue weighted by atomic mass is 10.2. The number of sulfonamides is 1. The largest absolute Gasteiger partial charge is 0.397 e. The average molecular weight is 309 g/mol. The van der Waals surface area contributed by atoms with E-state index in [4.69, 9.17) is 10.9 Å². The maximum atomic E-state index is 10.7. The van der Waals surface area contributed by atoms with Crippen LogP contribution in [-0.4, -0.2) is 25.7 Å². The molecule has 0 unspecified atom stereocenters. The van der Waals surface area contributed by atoms with Gasteiger partial charge in [-0.25, -0.2) is 18.5 Å². The van der Waals surface area contributed by atoms with Gasteiger partial charge in [0.05, 0.1) is 22.1 Å². The molecule has 0 aliphatic carbocycles. The van der Waals surface area contributed by atoms with Crippen molar-refractivity contribution in [3.8, 4) is 0 Å². The summed E-state index contributed by atoms with van der Waals surface area (Å²) in [5, 5.41) is 7.74. The lowest BCUT2D eigenvalue weighted by Crippen LogP contribution is -2.22. The SMILES string of the molecule is Cc1c(N)cnc(NCCS(N)(=O)=O)c1Br. The highest BCUT2D eigenvalue weighted by Crippen LogP contribution is 2.27. The number of nitrogens with two attached hydrogens (primary N) is 2. The number of nitrogen functional groups attached to an aromatic ring is 1. The van der Waals surface area contributed by atoms with E-state index in [1.807, 2.05) is 6.92 Å². The number of anilines is 2. The van der Waals surface area contributed by atoms with Gasteiger partial charge in [0, 0.05) is 6.54 Å². The quantitative estimate of drug-likeness (QED) is 0.747. The summed E-state index contributed by atoms with van der Waals surface area (Å²) >= 11 is 3.33. The minimum atomic E-state index is -3.46. The zero-order valence-electron chi connectivity index (χ0n) is 8.70. The number of halogens is 1. The maximum absolute atomic E-state index is 10.7. The summed E-state index contributed by atoms with van der Waals surface area (Å²) in [6.07, 6.45) is 1.51. The second kappa shape index (κ2) is 4.98. The van der Waals surface area contributed by atoms with Gasteiger partial charge in [-0.1, -0.05) is 0 Å². The molecule has 16 heavy (non-hydrogen) atoms.